The van der Waals surface area contributed by atoms with Crippen LogP contribution in [0.15, 0.2) is 42.5 Å². The first kappa shape index (κ1) is 24.8. The molecule has 0 fully saturated rings. The van der Waals surface area contributed by atoms with Crippen LogP contribution in [0.5, 0.6) is 5.75 Å². The quantitative estimate of drug-likeness (QED) is 0.371. The number of hydrogen-bond donors (Lipinski definition) is 2. The molecule has 174 valence electrons. The molecule has 0 saturated heterocycles. The second kappa shape index (κ2) is 9.99. The lowest BCUT2D eigenvalue weighted by molar-refractivity contribution is -0.153. The first-order chi connectivity index (χ1) is 15.5. The third kappa shape index (κ3) is 5.96. The Morgan fingerprint density at radius 3 is 2.52 bits per heavy atom. The minimum absolute atomic E-state index is 0.0104. The van der Waals surface area contributed by atoms with Gasteiger partial charge in [-0.15, -0.1) is 9.24 Å². The number of rotatable bonds is 6. The number of para-hydroxylation sites is 1. The second-order valence-electron chi connectivity index (χ2n) is 6.67. The molecule has 12 heteroatoms. The molecule has 1 aromatic heterocycles. The molecule has 0 aliphatic rings. The van der Waals surface area contributed by atoms with Gasteiger partial charge in [0.25, 0.3) is 5.91 Å². The highest BCUT2D eigenvalue weighted by atomic mass is 35.5. The number of aromatic nitrogens is 1. The van der Waals surface area contributed by atoms with Crippen molar-refractivity contribution in [1.29, 1.82) is 0 Å². The predicted molar refractivity (Wildman–Crippen MR) is 116 cm³/mol. The van der Waals surface area contributed by atoms with E-state index in [2.05, 4.69) is 19.5 Å². The molecule has 0 bridgehead atoms. The Morgan fingerprint density at radius 1 is 1.15 bits per heavy atom. The van der Waals surface area contributed by atoms with Crippen molar-refractivity contribution in [2.75, 3.05) is 11.9 Å². The van der Waals surface area contributed by atoms with Gasteiger partial charge in [0.2, 0.25) is 0 Å². The van der Waals surface area contributed by atoms with Crippen LogP contribution in [0.2, 0.25) is 5.02 Å². The number of aliphatic hydroxyl groups excluding tert-OH is 1. The van der Waals surface area contributed by atoms with E-state index in [4.69, 9.17) is 16.3 Å². The van der Waals surface area contributed by atoms with Crippen molar-refractivity contribution >= 4 is 37.7 Å². The van der Waals surface area contributed by atoms with Gasteiger partial charge in [-0.25, -0.2) is 13.8 Å². The Hall–Kier alpha value is -2.81. The van der Waals surface area contributed by atoms with E-state index in [1.165, 1.54) is 24.3 Å². The summed E-state index contributed by atoms with van der Waals surface area (Å²) in [6.45, 7) is -2.23. The highest BCUT2D eigenvalue weighted by molar-refractivity contribution is 7.27. The predicted octanol–water partition coefficient (Wildman–Crippen LogP) is 4.87. The third-order valence-electron chi connectivity index (χ3n) is 4.34. The van der Waals surface area contributed by atoms with E-state index in [-0.39, 0.29) is 22.0 Å². The monoisotopic (exact) mass is 504 g/mol. The summed E-state index contributed by atoms with van der Waals surface area (Å²) in [6.07, 6.45) is -4.75. The van der Waals surface area contributed by atoms with Gasteiger partial charge < -0.3 is 15.2 Å². The molecule has 0 spiro atoms. The maximum atomic E-state index is 14.9. The zero-order valence-electron chi connectivity index (χ0n) is 16.5. The molecule has 1 atom stereocenters. The number of hydrogen-bond acceptors (Lipinski definition) is 4. The summed E-state index contributed by atoms with van der Waals surface area (Å²) < 4.78 is 72.0. The molecule has 33 heavy (non-hydrogen) atoms. The van der Waals surface area contributed by atoms with E-state index in [1.54, 1.807) is 0 Å². The molecule has 2 aromatic carbocycles. The average molecular weight is 505 g/mol. The van der Waals surface area contributed by atoms with Crippen LogP contribution < -0.4 is 15.4 Å². The fraction of sp³-hybridized carbons (Fsp3) is 0.143. The van der Waals surface area contributed by atoms with E-state index in [9.17, 15) is 31.9 Å². The molecule has 5 nitrogen and oxygen atoms in total. The van der Waals surface area contributed by atoms with Crippen LogP contribution in [0.25, 0.3) is 11.3 Å². The summed E-state index contributed by atoms with van der Waals surface area (Å²) in [5.41, 5.74) is -1.13. The van der Waals surface area contributed by atoms with Crippen LogP contribution >= 0.6 is 20.8 Å². The van der Waals surface area contributed by atoms with E-state index in [1.807, 2.05) is 0 Å². The van der Waals surface area contributed by atoms with Gasteiger partial charge in [-0.1, -0.05) is 23.7 Å². The number of carbonyl (C=O) groups excluding carboxylic acids is 1. The third-order valence-corrected chi connectivity index (χ3v) is 5.18. The normalized spacial score (nSPS) is 11.4. The van der Waals surface area contributed by atoms with Crippen molar-refractivity contribution in [2.45, 2.75) is 12.8 Å². The number of benzene rings is 2. The van der Waals surface area contributed by atoms with Gasteiger partial charge in [-0.05, 0) is 35.6 Å². The van der Waals surface area contributed by atoms with Gasteiger partial charge in [0, 0.05) is 5.56 Å². The van der Waals surface area contributed by atoms with Crippen molar-refractivity contribution in [3.05, 3.63) is 70.4 Å². The Morgan fingerprint density at radius 2 is 1.88 bits per heavy atom. The number of nitrogens with zero attached hydrogens (tertiary/aromatic N) is 1. The molecular weight excluding hydrogens is 490 g/mol. The molecule has 3 rings (SSSR count). The molecule has 1 unspecified atom stereocenters. The number of ether oxygens (including phenoxy) is 1. The van der Waals surface area contributed by atoms with Gasteiger partial charge in [0.1, 0.15) is 17.4 Å². The Balaban J connectivity index is 2.07. The summed E-state index contributed by atoms with van der Waals surface area (Å²) in [4.78, 5) is 16.8. The molecular formula is C21H15ClF5N2O3P. The maximum absolute atomic E-state index is 14.9. The number of carbonyl (C=O) groups is 1. The van der Waals surface area contributed by atoms with Crippen LogP contribution in [0.4, 0.5) is 27.6 Å². The Bertz CT molecular complexity index is 1190. The van der Waals surface area contributed by atoms with Gasteiger partial charge in [-0.3, -0.25) is 4.79 Å². The number of nitrogens with one attached hydrogen (secondary N) is 1. The summed E-state index contributed by atoms with van der Waals surface area (Å²) >= 11 is 5.86. The number of alkyl halides is 3. The molecule has 0 aliphatic heterocycles. The van der Waals surface area contributed by atoms with Gasteiger partial charge in [-0.2, -0.15) is 13.2 Å². The fourth-order valence-electron chi connectivity index (χ4n) is 2.79. The minimum Gasteiger partial charge on any atom is -0.483 e. The number of pyridine rings is 1. The largest absolute Gasteiger partial charge is 0.483 e. The zero-order valence-corrected chi connectivity index (χ0v) is 18.4. The van der Waals surface area contributed by atoms with Crippen molar-refractivity contribution in [1.82, 2.24) is 4.98 Å². The van der Waals surface area contributed by atoms with Crippen LogP contribution in [0.1, 0.15) is 16.1 Å². The lowest BCUT2D eigenvalue weighted by Crippen LogP contribution is -2.22. The van der Waals surface area contributed by atoms with Crippen molar-refractivity contribution < 1.29 is 36.6 Å². The lowest BCUT2D eigenvalue weighted by Gasteiger charge is -2.16. The SMILES string of the molecule is O=C(Nc1c(F)cccc1Cl)c1cc(F)c(-c2ccc(P)c(CO)n2)cc1OCC(F)(F)F. The van der Waals surface area contributed by atoms with Crippen molar-refractivity contribution in [3.63, 3.8) is 0 Å². The van der Waals surface area contributed by atoms with Crippen LogP contribution in [0, 0.1) is 11.6 Å². The Labute approximate surface area is 191 Å². The summed E-state index contributed by atoms with van der Waals surface area (Å²) in [5, 5.41) is 11.9. The van der Waals surface area contributed by atoms with Crippen LogP contribution in [-0.2, 0) is 6.61 Å². The maximum Gasteiger partial charge on any atom is 0.422 e. The molecule has 0 aliphatic carbocycles. The average Bonchev–Trinajstić information content (AvgIpc) is 2.75. The number of aliphatic hydroxyl groups is 1. The first-order valence-electron chi connectivity index (χ1n) is 9.15. The lowest BCUT2D eigenvalue weighted by atomic mass is 10.0. The number of anilines is 1. The number of halogens is 6. The van der Waals surface area contributed by atoms with Crippen molar-refractivity contribution in [3.8, 4) is 17.0 Å². The van der Waals surface area contributed by atoms with Crippen LogP contribution in [0.3, 0.4) is 0 Å². The number of amides is 1. The van der Waals surface area contributed by atoms with E-state index in [0.717, 1.165) is 12.1 Å². The fourth-order valence-corrected chi connectivity index (χ4v) is 3.26. The molecule has 0 saturated carbocycles. The molecule has 1 heterocycles. The highest BCUT2D eigenvalue weighted by Crippen LogP contribution is 2.33. The topological polar surface area (TPSA) is 71.5 Å². The smallest absolute Gasteiger partial charge is 0.422 e. The molecule has 2 N–H and O–H groups in total. The minimum atomic E-state index is -4.75. The zero-order chi connectivity index (χ0) is 24.3. The summed E-state index contributed by atoms with van der Waals surface area (Å²) in [6, 6.07) is 8.00. The van der Waals surface area contributed by atoms with Crippen LogP contribution in [-0.4, -0.2) is 28.8 Å². The van der Waals surface area contributed by atoms with Gasteiger partial charge in [0.15, 0.2) is 6.61 Å². The molecule has 1 amide bonds. The van der Waals surface area contributed by atoms with Gasteiger partial charge >= 0.3 is 6.18 Å². The van der Waals surface area contributed by atoms with E-state index >= 15 is 0 Å². The summed E-state index contributed by atoms with van der Waals surface area (Å²) in [5.74, 6) is -3.67. The second-order valence-corrected chi connectivity index (χ2v) is 7.70. The van der Waals surface area contributed by atoms with Crippen molar-refractivity contribution in [2.24, 2.45) is 0 Å². The van der Waals surface area contributed by atoms with Gasteiger partial charge in [0.05, 0.1) is 34.3 Å². The Kier molecular flexibility index (Phi) is 7.51. The first-order valence-corrected chi connectivity index (χ1v) is 10.1. The standard InChI is InChI=1S/C21H15ClF5N2O3P/c22-12-2-1-3-13(23)19(12)29-20(31)11-6-14(24)10(7-17(11)32-9-21(25,26)27)15-4-5-18(33)16(8-30)28-15/h1-7,30H,8-9,33H2,(H,29,31). The summed E-state index contributed by atoms with van der Waals surface area (Å²) in [7, 11) is 2.33. The molecule has 3 aromatic rings. The van der Waals surface area contributed by atoms with E-state index < -0.39 is 53.9 Å². The highest BCUT2D eigenvalue weighted by Gasteiger charge is 2.30. The molecule has 0 radical (unpaired) electrons. The van der Waals surface area contributed by atoms with E-state index in [0.29, 0.717) is 11.4 Å².